The van der Waals surface area contributed by atoms with E-state index in [2.05, 4.69) is 15.5 Å². The quantitative estimate of drug-likeness (QED) is 0.802. The highest BCUT2D eigenvalue weighted by atomic mass is 32.1. The number of benzene rings is 2. The number of nitrogens with one attached hydrogen (secondary N) is 1. The number of rotatable bonds is 4. The molecule has 2 aromatic carbocycles. The van der Waals surface area contributed by atoms with Gasteiger partial charge in [-0.05, 0) is 23.8 Å². The maximum absolute atomic E-state index is 13.1. The third-order valence-corrected chi connectivity index (χ3v) is 3.81. The summed E-state index contributed by atoms with van der Waals surface area (Å²) < 4.78 is 13.1. The van der Waals surface area contributed by atoms with Gasteiger partial charge in [0.1, 0.15) is 10.8 Å². The Kier molecular flexibility index (Phi) is 4.20. The first-order chi connectivity index (χ1) is 10.7. The van der Waals surface area contributed by atoms with E-state index in [9.17, 15) is 9.18 Å². The molecular weight excluding hydrogens is 301 g/mol. The fraction of sp³-hybridized carbons (Fsp3) is 0.0625. The molecule has 0 atom stereocenters. The van der Waals surface area contributed by atoms with E-state index in [0.717, 1.165) is 10.6 Å². The van der Waals surface area contributed by atoms with Gasteiger partial charge in [-0.3, -0.25) is 10.1 Å². The zero-order valence-electron chi connectivity index (χ0n) is 11.5. The lowest BCUT2D eigenvalue weighted by atomic mass is 10.2. The highest BCUT2D eigenvalue weighted by molar-refractivity contribution is 7.15. The zero-order valence-corrected chi connectivity index (χ0v) is 12.3. The summed E-state index contributed by atoms with van der Waals surface area (Å²) in [7, 11) is 0. The van der Waals surface area contributed by atoms with E-state index >= 15 is 0 Å². The highest BCUT2D eigenvalue weighted by Crippen LogP contribution is 2.19. The smallest absolute Gasteiger partial charge is 0.257 e. The first-order valence-corrected chi connectivity index (χ1v) is 7.45. The van der Waals surface area contributed by atoms with E-state index in [1.54, 1.807) is 6.07 Å². The van der Waals surface area contributed by atoms with Crippen LogP contribution < -0.4 is 5.32 Å². The van der Waals surface area contributed by atoms with E-state index in [0.29, 0.717) is 11.6 Å². The molecule has 0 aliphatic rings. The van der Waals surface area contributed by atoms with Crippen LogP contribution >= 0.6 is 11.3 Å². The summed E-state index contributed by atoms with van der Waals surface area (Å²) in [6.45, 7) is 0. The fourth-order valence-electron chi connectivity index (χ4n) is 1.95. The highest BCUT2D eigenvalue weighted by Gasteiger charge is 2.11. The number of carbonyl (C=O) groups is 1. The minimum atomic E-state index is -0.449. The van der Waals surface area contributed by atoms with Crippen LogP contribution in [-0.4, -0.2) is 16.1 Å². The average molecular weight is 313 g/mol. The van der Waals surface area contributed by atoms with Crippen molar-refractivity contribution in [1.29, 1.82) is 0 Å². The van der Waals surface area contributed by atoms with Crippen LogP contribution in [-0.2, 0) is 6.42 Å². The second-order valence-corrected chi connectivity index (χ2v) is 5.69. The Morgan fingerprint density at radius 1 is 1.09 bits per heavy atom. The summed E-state index contributed by atoms with van der Waals surface area (Å²) in [6.07, 6.45) is 0.661. The molecule has 1 heterocycles. The van der Waals surface area contributed by atoms with Crippen molar-refractivity contribution in [3.8, 4) is 0 Å². The molecule has 0 fully saturated rings. The monoisotopic (exact) mass is 313 g/mol. The molecule has 1 aromatic heterocycles. The molecule has 0 spiro atoms. The first-order valence-electron chi connectivity index (χ1n) is 6.64. The molecule has 0 aliphatic carbocycles. The summed E-state index contributed by atoms with van der Waals surface area (Å²) in [6, 6.07) is 15.4. The molecule has 110 valence electrons. The van der Waals surface area contributed by atoms with Gasteiger partial charge in [-0.15, -0.1) is 10.2 Å². The Morgan fingerprint density at radius 3 is 2.68 bits per heavy atom. The van der Waals surface area contributed by atoms with Gasteiger partial charge in [0.25, 0.3) is 5.91 Å². The van der Waals surface area contributed by atoms with Crippen LogP contribution in [0.25, 0.3) is 0 Å². The Morgan fingerprint density at radius 2 is 1.91 bits per heavy atom. The average Bonchev–Trinajstić information content (AvgIpc) is 2.95. The zero-order chi connectivity index (χ0) is 15.4. The summed E-state index contributed by atoms with van der Waals surface area (Å²) in [5, 5.41) is 11.8. The molecule has 1 amide bonds. The predicted octanol–water partition coefficient (Wildman–Crippen LogP) is 3.52. The van der Waals surface area contributed by atoms with Gasteiger partial charge in [-0.2, -0.15) is 0 Å². The summed E-state index contributed by atoms with van der Waals surface area (Å²) in [5.74, 6) is -0.850. The second-order valence-electron chi connectivity index (χ2n) is 4.63. The molecular formula is C16H12FN3OS. The van der Waals surface area contributed by atoms with Crippen molar-refractivity contribution in [1.82, 2.24) is 10.2 Å². The van der Waals surface area contributed by atoms with Crippen molar-refractivity contribution in [2.75, 3.05) is 5.32 Å². The number of halogens is 1. The van der Waals surface area contributed by atoms with E-state index in [1.165, 1.54) is 29.5 Å². The van der Waals surface area contributed by atoms with Crippen LogP contribution in [0.5, 0.6) is 0 Å². The summed E-state index contributed by atoms with van der Waals surface area (Å²) in [5.41, 5.74) is 1.38. The van der Waals surface area contributed by atoms with Gasteiger partial charge in [0.15, 0.2) is 0 Å². The predicted molar refractivity (Wildman–Crippen MR) is 83.5 cm³/mol. The first kappa shape index (κ1) is 14.3. The van der Waals surface area contributed by atoms with Crippen molar-refractivity contribution in [2.24, 2.45) is 0 Å². The Bertz CT molecular complexity index is 789. The maximum Gasteiger partial charge on any atom is 0.257 e. The molecule has 3 aromatic rings. The normalized spacial score (nSPS) is 10.4. The topological polar surface area (TPSA) is 54.9 Å². The molecule has 22 heavy (non-hydrogen) atoms. The van der Waals surface area contributed by atoms with Gasteiger partial charge in [-0.1, -0.05) is 47.7 Å². The number of nitrogens with zero attached hydrogens (tertiary/aromatic N) is 2. The molecule has 0 aliphatic heterocycles. The van der Waals surface area contributed by atoms with E-state index < -0.39 is 11.7 Å². The van der Waals surface area contributed by atoms with Crippen LogP contribution in [0.2, 0.25) is 0 Å². The van der Waals surface area contributed by atoms with Crippen molar-refractivity contribution < 1.29 is 9.18 Å². The van der Waals surface area contributed by atoms with Crippen molar-refractivity contribution in [3.05, 3.63) is 76.5 Å². The molecule has 6 heteroatoms. The molecule has 1 N–H and O–H groups in total. The largest absolute Gasteiger partial charge is 0.296 e. The van der Waals surface area contributed by atoms with E-state index in [-0.39, 0.29) is 5.56 Å². The van der Waals surface area contributed by atoms with Crippen molar-refractivity contribution in [2.45, 2.75) is 6.42 Å². The van der Waals surface area contributed by atoms with Crippen LogP contribution in [0, 0.1) is 5.82 Å². The van der Waals surface area contributed by atoms with Crippen LogP contribution in [0.1, 0.15) is 20.9 Å². The molecule has 0 saturated carbocycles. The minimum absolute atomic E-state index is 0.250. The van der Waals surface area contributed by atoms with Gasteiger partial charge in [0.05, 0.1) is 0 Å². The van der Waals surface area contributed by atoms with Crippen LogP contribution in [0.3, 0.4) is 0 Å². The number of anilines is 1. The Labute approximate surface area is 130 Å². The molecule has 0 saturated heterocycles. The molecule has 4 nitrogen and oxygen atoms in total. The van der Waals surface area contributed by atoms with Gasteiger partial charge < -0.3 is 0 Å². The number of hydrogen-bond donors (Lipinski definition) is 1. The molecule has 0 bridgehead atoms. The Balaban J connectivity index is 1.68. The molecule has 0 radical (unpaired) electrons. The van der Waals surface area contributed by atoms with E-state index in [1.807, 2.05) is 30.3 Å². The third kappa shape index (κ3) is 3.53. The number of carbonyl (C=O) groups excluding carboxylic acids is 1. The summed E-state index contributed by atoms with van der Waals surface area (Å²) >= 11 is 1.31. The van der Waals surface area contributed by atoms with Crippen molar-refractivity contribution in [3.63, 3.8) is 0 Å². The number of amides is 1. The summed E-state index contributed by atoms with van der Waals surface area (Å²) in [4.78, 5) is 12.0. The van der Waals surface area contributed by atoms with Gasteiger partial charge >= 0.3 is 0 Å². The lowest BCUT2D eigenvalue weighted by Crippen LogP contribution is -2.11. The third-order valence-electron chi connectivity index (χ3n) is 2.97. The SMILES string of the molecule is O=C(Nc1nnc(Cc2ccccc2)s1)c1cccc(F)c1. The molecule has 3 rings (SSSR count). The standard InChI is InChI=1S/C16H12FN3OS/c17-13-8-4-7-12(10-13)15(21)18-16-20-19-14(22-16)9-11-5-2-1-3-6-11/h1-8,10H,9H2,(H,18,20,21). The lowest BCUT2D eigenvalue weighted by Gasteiger charge is -2.00. The number of hydrogen-bond acceptors (Lipinski definition) is 4. The van der Waals surface area contributed by atoms with Crippen LogP contribution in [0.15, 0.2) is 54.6 Å². The molecule has 0 unspecified atom stereocenters. The van der Waals surface area contributed by atoms with Gasteiger partial charge in [-0.25, -0.2) is 4.39 Å². The Hall–Kier alpha value is -2.60. The fourth-order valence-corrected chi connectivity index (χ4v) is 2.71. The van der Waals surface area contributed by atoms with Gasteiger partial charge in [0.2, 0.25) is 5.13 Å². The van der Waals surface area contributed by atoms with E-state index in [4.69, 9.17) is 0 Å². The maximum atomic E-state index is 13.1. The van der Waals surface area contributed by atoms with Gasteiger partial charge in [0, 0.05) is 12.0 Å². The minimum Gasteiger partial charge on any atom is -0.296 e. The van der Waals surface area contributed by atoms with Crippen LogP contribution in [0.4, 0.5) is 9.52 Å². The van der Waals surface area contributed by atoms with Crippen molar-refractivity contribution >= 4 is 22.4 Å². The number of aromatic nitrogens is 2. The second kappa shape index (κ2) is 6.44. The lowest BCUT2D eigenvalue weighted by molar-refractivity contribution is 0.102.